The lowest BCUT2D eigenvalue weighted by Crippen LogP contribution is -2.07. The predicted octanol–water partition coefficient (Wildman–Crippen LogP) is 2.67. The number of nitrogens with zero attached hydrogens (tertiary/aromatic N) is 2. The van der Waals surface area contributed by atoms with Gasteiger partial charge in [-0.3, -0.25) is 10.1 Å². The van der Waals surface area contributed by atoms with Crippen molar-refractivity contribution in [2.45, 2.75) is 39.2 Å². The SMILES string of the molecule is CCCCCCn1cc([N+](=O)[O-])cc1C(=O)O. The summed E-state index contributed by atoms with van der Waals surface area (Å²) < 4.78 is 1.44. The highest BCUT2D eigenvalue weighted by Crippen LogP contribution is 2.17. The van der Waals surface area contributed by atoms with Crippen molar-refractivity contribution in [2.75, 3.05) is 0 Å². The number of aromatic carboxylic acids is 1. The zero-order valence-corrected chi connectivity index (χ0v) is 9.76. The van der Waals surface area contributed by atoms with Crippen molar-refractivity contribution in [3.8, 4) is 0 Å². The van der Waals surface area contributed by atoms with Gasteiger partial charge >= 0.3 is 5.97 Å². The van der Waals surface area contributed by atoms with Crippen molar-refractivity contribution in [1.29, 1.82) is 0 Å². The van der Waals surface area contributed by atoms with Crippen LogP contribution in [0.4, 0.5) is 5.69 Å². The van der Waals surface area contributed by atoms with Crippen LogP contribution in [-0.4, -0.2) is 20.6 Å². The standard InChI is InChI=1S/C11H16N2O4/c1-2-3-4-5-6-12-8-9(13(16)17)7-10(12)11(14)15/h7-8H,2-6H2,1H3,(H,14,15). The number of hydrogen-bond donors (Lipinski definition) is 1. The Morgan fingerprint density at radius 3 is 2.71 bits per heavy atom. The van der Waals surface area contributed by atoms with Crippen molar-refractivity contribution in [2.24, 2.45) is 0 Å². The first-order chi connectivity index (χ1) is 8.06. The van der Waals surface area contributed by atoms with E-state index in [-0.39, 0.29) is 11.4 Å². The van der Waals surface area contributed by atoms with E-state index in [1.54, 1.807) is 0 Å². The minimum Gasteiger partial charge on any atom is -0.477 e. The number of carbonyl (C=O) groups is 1. The van der Waals surface area contributed by atoms with E-state index in [9.17, 15) is 14.9 Å². The van der Waals surface area contributed by atoms with Crippen molar-refractivity contribution < 1.29 is 14.8 Å². The highest BCUT2D eigenvalue weighted by Gasteiger charge is 2.18. The molecule has 17 heavy (non-hydrogen) atoms. The molecule has 0 aliphatic rings. The molecule has 0 spiro atoms. The maximum atomic E-state index is 10.9. The van der Waals surface area contributed by atoms with Crippen LogP contribution in [0.3, 0.4) is 0 Å². The lowest BCUT2D eigenvalue weighted by atomic mass is 10.2. The molecule has 0 saturated heterocycles. The zero-order valence-electron chi connectivity index (χ0n) is 9.76. The molecule has 1 rings (SSSR count). The third-order valence-corrected chi connectivity index (χ3v) is 2.56. The number of nitro groups is 1. The van der Waals surface area contributed by atoms with Gasteiger partial charge in [0.05, 0.1) is 11.1 Å². The predicted molar refractivity (Wildman–Crippen MR) is 62.2 cm³/mol. The Morgan fingerprint density at radius 1 is 1.47 bits per heavy atom. The summed E-state index contributed by atoms with van der Waals surface area (Å²) in [6.45, 7) is 2.60. The Labute approximate surface area is 99.0 Å². The van der Waals surface area contributed by atoms with Gasteiger partial charge in [0.25, 0.3) is 5.69 Å². The summed E-state index contributed by atoms with van der Waals surface area (Å²) in [4.78, 5) is 20.9. The molecule has 0 radical (unpaired) electrons. The van der Waals surface area contributed by atoms with Gasteiger partial charge in [-0.05, 0) is 6.42 Å². The van der Waals surface area contributed by atoms with Crippen molar-refractivity contribution in [1.82, 2.24) is 4.57 Å². The number of aryl methyl sites for hydroxylation is 1. The van der Waals surface area contributed by atoms with Crippen LogP contribution < -0.4 is 0 Å². The second-order valence-electron chi connectivity index (χ2n) is 3.90. The number of rotatable bonds is 7. The first kappa shape index (κ1) is 13.2. The Morgan fingerprint density at radius 2 is 2.18 bits per heavy atom. The molecule has 1 aromatic rings. The van der Waals surface area contributed by atoms with Crippen molar-refractivity contribution >= 4 is 11.7 Å². The molecule has 6 heteroatoms. The van der Waals surface area contributed by atoms with E-state index in [1.807, 2.05) is 0 Å². The molecule has 0 aliphatic heterocycles. The van der Waals surface area contributed by atoms with Crippen LogP contribution in [-0.2, 0) is 6.54 Å². The smallest absolute Gasteiger partial charge is 0.352 e. The Hall–Kier alpha value is -1.85. The number of aromatic nitrogens is 1. The Balaban J connectivity index is 2.74. The number of carboxylic acids is 1. The number of hydrogen-bond acceptors (Lipinski definition) is 3. The molecule has 1 aromatic heterocycles. The number of carboxylic acid groups (broad SMARTS) is 1. The van der Waals surface area contributed by atoms with Gasteiger partial charge in [-0.1, -0.05) is 26.2 Å². The Kier molecular flexibility index (Phi) is 4.68. The quantitative estimate of drug-likeness (QED) is 0.451. The minimum absolute atomic E-state index is 0.0202. The average molecular weight is 240 g/mol. The van der Waals surface area contributed by atoms with Gasteiger partial charge in [-0.2, -0.15) is 0 Å². The minimum atomic E-state index is -1.13. The molecule has 1 N–H and O–H groups in total. The summed E-state index contributed by atoms with van der Waals surface area (Å²) in [5.74, 6) is -1.13. The van der Waals surface area contributed by atoms with E-state index in [4.69, 9.17) is 5.11 Å². The maximum Gasteiger partial charge on any atom is 0.352 e. The van der Waals surface area contributed by atoms with E-state index in [1.165, 1.54) is 10.8 Å². The molecule has 0 atom stereocenters. The van der Waals surface area contributed by atoms with Crippen molar-refractivity contribution in [3.63, 3.8) is 0 Å². The molecule has 0 fully saturated rings. The lowest BCUT2D eigenvalue weighted by Gasteiger charge is -2.04. The molecule has 0 amide bonds. The zero-order chi connectivity index (χ0) is 12.8. The second kappa shape index (κ2) is 6.03. The average Bonchev–Trinajstić information content (AvgIpc) is 2.68. The number of unbranched alkanes of at least 4 members (excludes halogenated alkanes) is 3. The fourth-order valence-corrected chi connectivity index (χ4v) is 1.67. The van der Waals surface area contributed by atoms with Crippen LogP contribution in [0.1, 0.15) is 43.1 Å². The van der Waals surface area contributed by atoms with E-state index >= 15 is 0 Å². The second-order valence-corrected chi connectivity index (χ2v) is 3.90. The fraction of sp³-hybridized carbons (Fsp3) is 0.545. The van der Waals surface area contributed by atoms with Crippen LogP contribution >= 0.6 is 0 Å². The van der Waals surface area contributed by atoms with Gasteiger partial charge in [-0.25, -0.2) is 4.79 Å². The monoisotopic (exact) mass is 240 g/mol. The lowest BCUT2D eigenvalue weighted by molar-refractivity contribution is -0.384. The van der Waals surface area contributed by atoms with E-state index in [2.05, 4.69) is 6.92 Å². The van der Waals surface area contributed by atoms with Gasteiger partial charge in [0.2, 0.25) is 0 Å². The first-order valence-corrected chi connectivity index (χ1v) is 5.64. The van der Waals surface area contributed by atoms with Crippen LogP contribution in [0.15, 0.2) is 12.3 Å². The van der Waals surface area contributed by atoms with Gasteiger partial charge in [0.1, 0.15) is 5.69 Å². The first-order valence-electron chi connectivity index (χ1n) is 5.64. The van der Waals surface area contributed by atoms with Gasteiger partial charge in [-0.15, -0.1) is 0 Å². The molecule has 0 aromatic carbocycles. The summed E-state index contributed by atoms with van der Waals surface area (Å²) in [7, 11) is 0. The van der Waals surface area contributed by atoms with E-state index in [0.717, 1.165) is 31.7 Å². The molecular formula is C11H16N2O4. The van der Waals surface area contributed by atoms with Gasteiger partial charge < -0.3 is 9.67 Å². The molecule has 1 heterocycles. The normalized spacial score (nSPS) is 10.4. The summed E-state index contributed by atoms with van der Waals surface area (Å²) in [5, 5.41) is 19.5. The van der Waals surface area contributed by atoms with Gasteiger partial charge in [0, 0.05) is 12.6 Å². The fourth-order valence-electron chi connectivity index (χ4n) is 1.67. The summed E-state index contributed by atoms with van der Waals surface area (Å²) in [6.07, 6.45) is 5.31. The topological polar surface area (TPSA) is 85.4 Å². The van der Waals surface area contributed by atoms with E-state index < -0.39 is 10.9 Å². The molecule has 0 aliphatic carbocycles. The summed E-state index contributed by atoms with van der Waals surface area (Å²) in [5.41, 5.74) is -0.189. The van der Waals surface area contributed by atoms with E-state index in [0.29, 0.717) is 6.54 Å². The van der Waals surface area contributed by atoms with Crippen LogP contribution in [0, 0.1) is 10.1 Å². The molecule has 0 unspecified atom stereocenters. The van der Waals surface area contributed by atoms with Crippen molar-refractivity contribution in [3.05, 3.63) is 28.1 Å². The van der Waals surface area contributed by atoms with Gasteiger partial charge in [0.15, 0.2) is 0 Å². The third-order valence-electron chi connectivity index (χ3n) is 2.56. The largest absolute Gasteiger partial charge is 0.477 e. The highest BCUT2D eigenvalue weighted by atomic mass is 16.6. The molecule has 94 valence electrons. The van der Waals surface area contributed by atoms with Crippen LogP contribution in [0.25, 0.3) is 0 Å². The van der Waals surface area contributed by atoms with Crippen LogP contribution in [0.2, 0.25) is 0 Å². The summed E-state index contributed by atoms with van der Waals surface area (Å²) >= 11 is 0. The molecule has 0 bridgehead atoms. The molecule has 6 nitrogen and oxygen atoms in total. The molecular weight excluding hydrogens is 224 g/mol. The summed E-state index contributed by atoms with van der Waals surface area (Å²) in [6, 6.07) is 1.10. The molecule has 0 saturated carbocycles. The van der Waals surface area contributed by atoms with Crippen LogP contribution in [0.5, 0.6) is 0 Å². The Bertz CT molecular complexity index is 412. The third kappa shape index (κ3) is 3.58. The maximum absolute atomic E-state index is 10.9. The highest BCUT2D eigenvalue weighted by molar-refractivity contribution is 5.86.